The van der Waals surface area contributed by atoms with Gasteiger partial charge in [-0.1, -0.05) is 13.8 Å². The van der Waals surface area contributed by atoms with Crippen molar-refractivity contribution in [2.24, 2.45) is 11.8 Å². The molecule has 0 heterocycles. The van der Waals surface area contributed by atoms with E-state index in [1.54, 1.807) is 0 Å². The van der Waals surface area contributed by atoms with E-state index < -0.39 is 5.97 Å². The van der Waals surface area contributed by atoms with Crippen molar-refractivity contribution in [1.82, 2.24) is 10.6 Å². The Balaban J connectivity index is 3.89. The van der Waals surface area contributed by atoms with Gasteiger partial charge in [0, 0.05) is 19.5 Å². The number of carboxylic acid groups (broad SMARTS) is 1. The maximum atomic E-state index is 11.5. The normalized spacial score (nSPS) is 12.5. The molecule has 3 N–H and O–H groups in total. The molecule has 0 radical (unpaired) electrons. The predicted molar refractivity (Wildman–Crippen MR) is 77.7 cm³/mol. The van der Waals surface area contributed by atoms with E-state index in [-0.39, 0.29) is 24.5 Å². The summed E-state index contributed by atoms with van der Waals surface area (Å²) in [5, 5.41) is 14.2. The molecule has 0 aliphatic carbocycles. The van der Waals surface area contributed by atoms with E-state index in [1.165, 1.54) is 0 Å². The molecule has 0 aromatic heterocycles. The third-order valence-electron chi connectivity index (χ3n) is 2.66. The average Bonchev–Trinajstić information content (AvgIpc) is 2.30. The Morgan fingerprint density at radius 2 is 1.80 bits per heavy atom. The lowest BCUT2D eigenvalue weighted by atomic mass is 9.94. The molecule has 0 spiro atoms. The molecule has 0 saturated heterocycles. The van der Waals surface area contributed by atoms with Crippen LogP contribution in [0.3, 0.4) is 0 Å². The molecule has 0 unspecified atom stereocenters. The van der Waals surface area contributed by atoms with Gasteiger partial charge in [0.05, 0.1) is 12.7 Å². The van der Waals surface area contributed by atoms with Crippen molar-refractivity contribution in [3.05, 3.63) is 0 Å². The first-order chi connectivity index (χ1) is 9.31. The number of carbonyl (C=O) groups is 2. The molecule has 0 aromatic rings. The van der Waals surface area contributed by atoms with E-state index in [1.807, 2.05) is 27.7 Å². The highest BCUT2D eigenvalue weighted by Gasteiger charge is 2.15. The quantitative estimate of drug-likeness (QED) is 0.535. The van der Waals surface area contributed by atoms with Crippen LogP contribution in [0.15, 0.2) is 0 Å². The number of rotatable bonds is 10. The number of urea groups is 1. The van der Waals surface area contributed by atoms with Crippen molar-refractivity contribution < 1.29 is 19.4 Å². The number of nitrogens with one attached hydrogen (secondary N) is 2. The lowest BCUT2D eigenvalue weighted by Crippen LogP contribution is -2.40. The number of carboxylic acids is 1. The van der Waals surface area contributed by atoms with E-state index in [9.17, 15) is 9.59 Å². The van der Waals surface area contributed by atoms with Gasteiger partial charge in [-0.3, -0.25) is 4.79 Å². The zero-order valence-corrected chi connectivity index (χ0v) is 12.9. The molecule has 6 heteroatoms. The molecule has 2 amide bonds. The van der Waals surface area contributed by atoms with Crippen molar-refractivity contribution >= 4 is 12.0 Å². The van der Waals surface area contributed by atoms with Gasteiger partial charge >= 0.3 is 12.0 Å². The topological polar surface area (TPSA) is 87.7 Å². The van der Waals surface area contributed by atoms with E-state index in [4.69, 9.17) is 9.84 Å². The second-order valence-corrected chi connectivity index (χ2v) is 5.65. The first kappa shape index (κ1) is 18.7. The molecule has 6 nitrogen and oxygen atoms in total. The van der Waals surface area contributed by atoms with Gasteiger partial charge in [-0.2, -0.15) is 0 Å². The van der Waals surface area contributed by atoms with E-state index in [2.05, 4.69) is 10.6 Å². The highest BCUT2D eigenvalue weighted by molar-refractivity contribution is 5.74. The van der Waals surface area contributed by atoms with Gasteiger partial charge in [0.1, 0.15) is 0 Å². The average molecular weight is 288 g/mol. The van der Waals surface area contributed by atoms with Crippen LogP contribution in [-0.4, -0.2) is 42.9 Å². The van der Waals surface area contributed by atoms with Gasteiger partial charge in [0.15, 0.2) is 0 Å². The number of hydrogen-bond donors (Lipinski definition) is 3. The van der Waals surface area contributed by atoms with Crippen LogP contribution >= 0.6 is 0 Å². The summed E-state index contributed by atoms with van der Waals surface area (Å²) in [6, 6.07) is -0.281. The first-order valence-electron chi connectivity index (χ1n) is 7.16. The minimum atomic E-state index is -0.830. The molecule has 0 rings (SSSR count). The van der Waals surface area contributed by atoms with Crippen LogP contribution in [0.25, 0.3) is 0 Å². The molecule has 118 valence electrons. The summed E-state index contributed by atoms with van der Waals surface area (Å²) in [5.74, 6) is -0.461. The Morgan fingerprint density at radius 1 is 1.15 bits per heavy atom. The second-order valence-electron chi connectivity index (χ2n) is 5.65. The zero-order chi connectivity index (χ0) is 15.5. The van der Waals surface area contributed by atoms with Gasteiger partial charge in [-0.15, -0.1) is 0 Å². The molecule has 0 aliphatic heterocycles. The Bertz CT molecular complexity index is 293. The molecular formula is C14H28N2O4. The standard InChI is InChI=1S/C14H28N2O4/c1-10(2)7-12(8-13(17)18)9-16-14(19)15-5-6-20-11(3)4/h10-12H,5-9H2,1-4H3,(H,17,18)(H2,15,16,19)/t12-/m0/s1. The summed E-state index contributed by atoms with van der Waals surface area (Å²) < 4.78 is 5.30. The Kier molecular flexibility index (Phi) is 9.80. The van der Waals surface area contributed by atoms with Gasteiger partial charge in [-0.05, 0) is 32.1 Å². The summed E-state index contributed by atoms with van der Waals surface area (Å²) in [6.07, 6.45) is 1.00. The molecule has 0 bridgehead atoms. The lowest BCUT2D eigenvalue weighted by Gasteiger charge is -2.18. The largest absolute Gasteiger partial charge is 0.481 e. The Labute approximate surface area is 121 Å². The molecule has 20 heavy (non-hydrogen) atoms. The van der Waals surface area contributed by atoms with E-state index in [0.29, 0.717) is 25.6 Å². The van der Waals surface area contributed by atoms with Crippen molar-refractivity contribution in [3.63, 3.8) is 0 Å². The summed E-state index contributed by atoms with van der Waals surface area (Å²) in [6.45, 7) is 9.23. The molecule has 0 aliphatic rings. The summed E-state index contributed by atoms with van der Waals surface area (Å²) in [5.41, 5.74) is 0. The second kappa shape index (κ2) is 10.5. The minimum Gasteiger partial charge on any atom is -0.481 e. The monoisotopic (exact) mass is 288 g/mol. The fourth-order valence-corrected chi connectivity index (χ4v) is 1.91. The number of aliphatic carboxylic acids is 1. The highest BCUT2D eigenvalue weighted by Crippen LogP contribution is 2.14. The number of hydrogen-bond acceptors (Lipinski definition) is 3. The van der Waals surface area contributed by atoms with E-state index >= 15 is 0 Å². The first-order valence-corrected chi connectivity index (χ1v) is 7.16. The number of ether oxygens (including phenoxy) is 1. The highest BCUT2D eigenvalue weighted by atomic mass is 16.5. The number of carbonyl (C=O) groups excluding carboxylic acids is 1. The van der Waals surface area contributed by atoms with E-state index in [0.717, 1.165) is 6.42 Å². The van der Waals surface area contributed by atoms with Crippen molar-refractivity contribution in [1.29, 1.82) is 0 Å². The third kappa shape index (κ3) is 11.8. The van der Waals surface area contributed by atoms with Crippen LogP contribution in [0.5, 0.6) is 0 Å². The van der Waals surface area contributed by atoms with Gasteiger partial charge in [-0.25, -0.2) is 4.79 Å². The zero-order valence-electron chi connectivity index (χ0n) is 12.9. The van der Waals surface area contributed by atoms with Crippen molar-refractivity contribution in [3.8, 4) is 0 Å². The molecular weight excluding hydrogens is 260 g/mol. The SMILES string of the molecule is CC(C)C[C@H](CNC(=O)NCCOC(C)C)CC(=O)O. The Hall–Kier alpha value is -1.30. The molecule has 0 saturated carbocycles. The smallest absolute Gasteiger partial charge is 0.314 e. The van der Waals surface area contributed by atoms with Crippen LogP contribution < -0.4 is 10.6 Å². The summed E-state index contributed by atoms with van der Waals surface area (Å²) in [7, 11) is 0. The minimum absolute atomic E-state index is 0.0369. The third-order valence-corrected chi connectivity index (χ3v) is 2.66. The maximum absolute atomic E-state index is 11.5. The fraction of sp³-hybridized carbons (Fsp3) is 0.857. The van der Waals surface area contributed by atoms with Crippen molar-refractivity contribution in [2.75, 3.05) is 19.7 Å². The summed E-state index contributed by atoms with van der Waals surface area (Å²) >= 11 is 0. The summed E-state index contributed by atoms with van der Waals surface area (Å²) in [4.78, 5) is 22.3. The fourth-order valence-electron chi connectivity index (χ4n) is 1.91. The lowest BCUT2D eigenvalue weighted by molar-refractivity contribution is -0.138. The molecule has 0 aromatic carbocycles. The predicted octanol–water partition coefficient (Wildman–Crippen LogP) is 1.85. The Morgan fingerprint density at radius 3 is 2.30 bits per heavy atom. The van der Waals surface area contributed by atoms with Gasteiger partial charge < -0.3 is 20.5 Å². The molecule has 1 atom stereocenters. The number of amides is 2. The van der Waals surface area contributed by atoms with Crippen LogP contribution in [0.2, 0.25) is 0 Å². The molecule has 0 fully saturated rings. The van der Waals surface area contributed by atoms with Crippen LogP contribution in [0, 0.1) is 11.8 Å². The van der Waals surface area contributed by atoms with Crippen LogP contribution in [0.1, 0.15) is 40.5 Å². The van der Waals surface area contributed by atoms with Gasteiger partial charge in [0.2, 0.25) is 0 Å². The van der Waals surface area contributed by atoms with Crippen molar-refractivity contribution in [2.45, 2.75) is 46.6 Å². The van der Waals surface area contributed by atoms with Crippen LogP contribution in [-0.2, 0) is 9.53 Å². The maximum Gasteiger partial charge on any atom is 0.314 e. The van der Waals surface area contributed by atoms with Gasteiger partial charge in [0.25, 0.3) is 0 Å². The van der Waals surface area contributed by atoms with Crippen LogP contribution in [0.4, 0.5) is 4.79 Å².